The third-order valence-electron chi connectivity index (χ3n) is 10.3. The molecule has 0 aromatic carbocycles. The van der Waals surface area contributed by atoms with Gasteiger partial charge in [-0.05, 0) is 89.5 Å². The minimum absolute atomic E-state index is 0.0482. The average molecular weight is 1090 g/mol. The molecule has 1 saturated heterocycles. The largest absolute Gasteiger partial charge is 0.481 e. The minimum Gasteiger partial charge on any atom is -0.462 e. The summed E-state index contributed by atoms with van der Waals surface area (Å²) in [6.07, 6.45) is 45.7. The molecule has 2 heterocycles. The lowest BCUT2D eigenvalue weighted by Gasteiger charge is -2.21. The Bertz CT molecular complexity index is 2300. The van der Waals surface area contributed by atoms with E-state index in [-0.39, 0.29) is 31.5 Å². The Balaban J connectivity index is 1.89. The van der Waals surface area contributed by atoms with Crippen LogP contribution in [-0.4, -0.2) is 96.9 Å². The number of carbonyl (C=O) groups is 2. The van der Waals surface area contributed by atoms with Crippen molar-refractivity contribution in [2.45, 2.75) is 147 Å². The maximum Gasteiger partial charge on any atom is 0.481 e. The molecule has 1 aliphatic heterocycles. The second-order valence-electron chi connectivity index (χ2n) is 16.7. The summed E-state index contributed by atoms with van der Waals surface area (Å²) in [5.74, 6) is -1.63. The van der Waals surface area contributed by atoms with Crippen molar-refractivity contribution in [3.05, 3.63) is 156 Å². The van der Waals surface area contributed by atoms with Crippen LogP contribution in [0.4, 0.5) is 5.82 Å². The summed E-state index contributed by atoms with van der Waals surface area (Å²) in [4.78, 5) is 61.9. The van der Waals surface area contributed by atoms with Crippen molar-refractivity contribution in [3.8, 4) is 0 Å². The number of aliphatic hydroxyl groups is 3. The van der Waals surface area contributed by atoms with Crippen LogP contribution in [0.15, 0.2) is 151 Å². The average Bonchev–Trinajstić information content (AvgIpc) is 3.64. The molecule has 8 atom stereocenters. The first-order chi connectivity index (χ1) is 36.1. The molecule has 416 valence electrons. The Morgan fingerprint density at radius 1 is 0.707 bits per heavy atom. The molecule has 21 heteroatoms. The summed E-state index contributed by atoms with van der Waals surface area (Å²) in [5.41, 5.74) is 4.56. The Morgan fingerprint density at radius 2 is 1.21 bits per heavy atom. The number of aliphatic hydroxyl groups excluding tert-OH is 3. The van der Waals surface area contributed by atoms with Crippen LogP contribution in [0, 0.1) is 0 Å². The van der Waals surface area contributed by atoms with E-state index < -0.39 is 89.8 Å². The first kappa shape index (κ1) is 66.0. The minimum atomic E-state index is -5.50. The Hall–Kier alpha value is -5.14. The van der Waals surface area contributed by atoms with Crippen molar-refractivity contribution in [1.29, 1.82) is 0 Å². The van der Waals surface area contributed by atoms with Crippen LogP contribution in [0.1, 0.15) is 116 Å². The second-order valence-corrected chi connectivity index (χ2v) is 19.8. The van der Waals surface area contributed by atoms with E-state index in [9.17, 15) is 48.6 Å². The number of allylic oxidation sites excluding steroid dienone is 21. The van der Waals surface area contributed by atoms with Gasteiger partial charge in [-0.2, -0.15) is 9.29 Å². The molecule has 19 nitrogen and oxygen atoms in total. The summed E-state index contributed by atoms with van der Waals surface area (Å²) >= 11 is 0. The van der Waals surface area contributed by atoms with E-state index >= 15 is 0 Å². The van der Waals surface area contributed by atoms with E-state index in [1.807, 2.05) is 30.4 Å². The number of aromatic nitrogens is 2. The van der Waals surface area contributed by atoms with Crippen molar-refractivity contribution < 1.29 is 71.4 Å². The molecule has 75 heavy (non-hydrogen) atoms. The van der Waals surface area contributed by atoms with Crippen molar-refractivity contribution >= 4 is 33.4 Å². The fraction of sp³-hybridized carbons (Fsp3) is 0.481. The first-order valence-corrected chi connectivity index (χ1v) is 28.3. The number of hydrogen-bond donors (Lipinski definition) is 6. The third-order valence-corrected chi connectivity index (χ3v) is 12.9. The Kier molecular flexibility index (Phi) is 35.3. The zero-order valence-corrected chi connectivity index (χ0v) is 44.9. The molecular formula is C54H79N3O16P2. The van der Waals surface area contributed by atoms with E-state index in [4.69, 9.17) is 29.0 Å². The highest BCUT2D eigenvalue weighted by molar-refractivity contribution is 7.61. The molecule has 0 bridgehead atoms. The number of hydrogen-bond acceptors (Lipinski definition) is 16. The van der Waals surface area contributed by atoms with Crippen molar-refractivity contribution in [3.63, 3.8) is 0 Å². The maximum absolute atomic E-state index is 12.9. The molecule has 3 unspecified atom stereocenters. The van der Waals surface area contributed by atoms with Gasteiger partial charge in [0.25, 0.3) is 0 Å². The molecule has 0 amide bonds. The number of nitrogen functional groups attached to an aromatic ring is 1. The van der Waals surface area contributed by atoms with Gasteiger partial charge in [-0.25, -0.2) is 13.9 Å². The molecule has 1 aromatic rings. The first-order valence-electron chi connectivity index (χ1n) is 25.3. The molecular weight excluding hydrogens is 1010 g/mol. The Morgan fingerprint density at radius 3 is 1.75 bits per heavy atom. The summed E-state index contributed by atoms with van der Waals surface area (Å²) in [6.45, 7) is 1.64. The zero-order valence-electron chi connectivity index (χ0n) is 43.1. The number of nitrogens with two attached hydrogens (primary N) is 1. The number of anilines is 1. The Labute approximate surface area is 441 Å². The van der Waals surface area contributed by atoms with Gasteiger partial charge in [0.2, 0.25) is 0 Å². The number of phosphoric ester groups is 2. The second kappa shape index (κ2) is 40.2. The van der Waals surface area contributed by atoms with Gasteiger partial charge >= 0.3 is 33.3 Å². The van der Waals surface area contributed by atoms with E-state index in [1.54, 1.807) is 24.3 Å². The van der Waals surface area contributed by atoms with Crippen molar-refractivity contribution in [2.75, 3.05) is 25.6 Å². The van der Waals surface area contributed by atoms with Crippen LogP contribution in [0.2, 0.25) is 0 Å². The van der Waals surface area contributed by atoms with Crippen molar-refractivity contribution in [1.82, 2.24) is 9.55 Å². The number of carbonyl (C=O) groups excluding carboxylic acids is 2. The van der Waals surface area contributed by atoms with Gasteiger partial charge in [0.15, 0.2) is 12.3 Å². The van der Waals surface area contributed by atoms with Gasteiger partial charge in [0.1, 0.15) is 30.7 Å². The molecule has 0 saturated carbocycles. The van der Waals surface area contributed by atoms with Crippen LogP contribution in [0.25, 0.3) is 0 Å². The SMILES string of the molecule is CC/C=C\C/C=C\C/C=C\C/C=C\C=C\C(O)CCCC(=O)O[C@H](COC(=O)CC/C=C\C/C=C\C/C=C\C/C=C\C/C=C\C/C=C\CC)COP(=O)(O)OP(=O)(O)OC[C@H]1O[C@@H](n2ccc(N)nc2=O)[C@H](O)[C@@H]1O. The molecule has 0 radical (unpaired) electrons. The van der Waals surface area contributed by atoms with Gasteiger partial charge in [-0.1, -0.05) is 148 Å². The molecule has 1 aromatic heterocycles. The molecule has 1 fully saturated rings. The number of nitrogens with zero attached hydrogens (tertiary/aromatic N) is 2. The lowest BCUT2D eigenvalue weighted by Crippen LogP contribution is -2.36. The normalized spacial score (nSPS) is 20.3. The highest BCUT2D eigenvalue weighted by atomic mass is 31.3. The number of rotatable bonds is 39. The smallest absolute Gasteiger partial charge is 0.462 e. The molecule has 0 spiro atoms. The maximum atomic E-state index is 12.9. The lowest BCUT2D eigenvalue weighted by atomic mass is 10.1. The lowest BCUT2D eigenvalue weighted by molar-refractivity contribution is -0.161. The van der Waals surface area contributed by atoms with E-state index in [0.717, 1.165) is 62.1 Å². The highest BCUT2D eigenvalue weighted by Crippen LogP contribution is 2.60. The van der Waals surface area contributed by atoms with Gasteiger partial charge in [-0.3, -0.25) is 23.2 Å². The van der Waals surface area contributed by atoms with Gasteiger partial charge in [0, 0.05) is 19.0 Å². The fourth-order valence-corrected chi connectivity index (χ4v) is 8.59. The van der Waals surface area contributed by atoms with Gasteiger partial charge in [0.05, 0.1) is 19.3 Å². The topological polar surface area (TPSA) is 286 Å². The summed E-state index contributed by atoms with van der Waals surface area (Å²) < 4.78 is 56.5. The monoisotopic (exact) mass is 1090 g/mol. The van der Waals surface area contributed by atoms with Crippen LogP contribution < -0.4 is 11.4 Å². The standard InChI is InChI=1S/C54H79N3O16P2/c1-3-5-7-9-11-13-15-17-18-19-20-21-22-24-26-28-30-32-34-38-49(59)68-42-46(71-50(60)39-35-37-45(58)36-33-31-29-27-25-23-16-14-12-10-8-6-4-2)43-69-74(64,65)73-75(66,67)70-44-47-51(61)52(62)53(72-47)57-41-40-48(55)56-54(57)63/h5-8,11-14,17-18,20-21,23-26,29-33,36,40-41,45-47,51-53,58,61-62H,3-4,9-10,15-16,19,22,27-28,34-35,37-39,42-44H2,1-2H3,(H,64,65)(H,66,67)(H2,55,56,63)/b7-5-,8-6-,13-11-,14-12-,18-17-,21-20-,25-23-,26-24-,31-29-,32-30-,36-33+/t45?,46-,47-,51-,52-,53-/m1/s1. The van der Waals surface area contributed by atoms with Crippen LogP contribution in [0.5, 0.6) is 0 Å². The number of phosphoric acid groups is 2. The molecule has 1 aliphatic rings. The molecule has 0 aliphatic carbocycles. The third kappa shape index (κ3) is 32.8. The fourth-order valence-electron chi connectivity index (χ4n) is 6.48. The van der Waals surface area contributed by atoms with Gasteiger partial charge in [-0.15, -0.1) is 0 Å². The number of ether oxygens (including phenoxy) is 3. The van der Waals surface area contributed by atoms with E-state index in [0.29, 0.717) is 19.3 Å². The highest BCUT2D eigenvalue weighted by Gasteiger charge is 2.46. The molecule has 2 rings (SSSR count). The predicted octanol–water partition coefficient (Wildman–Crippen LogP) is 9.52. The number of esters is 2. The summed E-state index contributed by atoms with van der Waals surface area (Å²) in [7, 11) is -11.0. The van der Waals surface area contributed by atoms with E-state index in [1.165, 1.54) is 6.07 Å². The molecule has 7 N–H and O–H groups in total. The predicted molar refractivity (Wildman–Crippen MR) is 289 cm³/mol. The van der Waals surface area contributed by atoms with Gasteiger partial charge < -0.3 is 45.1 Å². The van der Waals surface area contributed by atoms with E-state index in [2.05, 4.69) is 102 Å². The zero-order chi connectivity index (χ0) is 55.0. The van der Waals surface area contributed by atoms with Crippen LogP contribution in [0.3, 0.4) is 0 Å². The summed E-state index contributed by atoms with van der Waals surface area (Å²) in [5, 5.41) is 31.3. The summed E-state index contributed by atoms with van der Waals surface area (Å²) in [6, 6.07) is 1.23. The quantitative estimate of drug-likeness (QED) is 0.0155. The van der Waals surface area contributed by atoms with Crippen LogP contribution >= 0.6 is 15.6 Å². The van der Waals surface area contributed by atoms with Crippen LogP contribution in [-0.2, 0) is 46.3 Å². The van der Waals surface area contributed by atoms with Crippen molar-refractivity contribution in [2.24, 2.45) is 0 Å².